The van der Waals surface area contributed by atoms with Gasteiger partial charge in [0.2, 0.25) is 5.91 Å². The van der Waals surface area contributed by atoms with E-state index in [-0.39, 0.29) is 5.91 Å². The van der Waals surface area contributed by atoms with E-state index >= 15 is 0 Å². The normalized spacial score (nSPS) is 13.1. The summed E-state index contributed by atoms with van der Waals surface area (Å²) in [7, 11) is 0. The lowest BCUT2D eigenvalue weighted by atomic mass is 10.1. The summed E-state index contributed by atoms with van der Waals surface area (Å²) in [5.74, 6) is 1.51. The molecule has 0 unspecified atom stereocenters. The zero-order valence-electron chi connectivity index (χ0n) is 19.0. The monoisotopic (exact) mass is 470 g/mol. The van der Waals surface area contributed by atoms with Gasteiger partial charge in [-0.05, 0) is 49.1 Å². The molecule has 3 aromatic carbocycles. The number of carbonyl (C=O) groups is 1. The van der Waals surface area contributed by atoms with Crippen LogP contribution in [0.5, 0.6) is 0 Å². The van der Waals surface area contributed by atoms with Crippen LogP contribution in [0, 0.1) is 0 Å². The summed E-state index contributed by atoms with van der Waals surface area (Å²) < 4.78 is 0. The van der Waals surface area contributed by atoms with Crippen LogP contribution in [-0.4, -0.2) is 35.0 Å². The van der Waals surface area contributed by atoms with Crippen LogP contribution >= 0.6 is 11.6 Å². The van der Waals surface area contributed by atoms with Gasteiger partial charge in [-0.1, -0.05) is 66.2 Å². The number of anilines is 1. The lowest BCUT2D eigenvalue weighted by molar-refractivity contribution is -0.121. The number of hydrogen-bond acceptors (Lipinski definition) is 4. The molecule has 0 saturated heterocycles. The maximum atomic E-state index is 12.5. The number of hydrogen-bond donors (Lipinski definition) is 1. The molecule has 0 spiro atoms. The summed E-state index contributed by atoms with van der Waals surface area (Å²) in [4.78, 5) is 24.5. The zero-order chi connectivity index (χ0) is 23.3. The summed E-state index contributed by atoms with van der Waals surface area (Å²) in [5, 5.41) is 4.68. The van der Waals surface area contributed by atoms with Gasteiger partial charge in [-0.25, -0.2) is 9.97 Å². The Kier molecular flexibility index (Phi) is 6.72. The molecule has 1 aliphatic rings. The summed E-state index contributed by atoms with van der Waals surface area (Å²) in [5.41, 5.74) is 2.90. The molecule has 0 atom stereocenters. The highest BCUT2D eigenvalue weighted by Crippen LogP contribution is 2.31. The van der Waals surface area contributed by atoms with Crippen molar-refractivity contribution in [1.29, 1.82) is 0 Å². The third-order valence-corrected chi connectivity index (χ3v) is 6.39. The molecule has 5 rings (SSSR count). The topological polar surface area (TPSA) is 58.1 Å². The molecule has 172 valence electrons. The number of nitrogens with one attached hydrogen (secondary N) is 1. The fourth-order valence-electron chi connectivity index (χ4n) is 4.06. The van der Waals surface area contributed by atoms with E-state index in [0.717, 1.165) is 48.1 Å². The minimum absolute atomic E-state index is 0.0944. The van der Waals surface area contributed by atoms with Crippen LogP contribution in [0.3, 0.4) is 0 Å². The molecule has 5 nitrogen and oxygen atoms in total. The van der Waals surface area contributed by atoms with Crippen LogP contribution in [0.4, 0.5) is 5.82 Å². The molecular formula is C28H27ClN4O. The molecule has 4 aromatic rings. The number of carbonyl (C=O) groups excluding carboxylic acids is 1. The van der Waals surface area contributed by atoms with E-state index in [4.69, 9.17) is 21.6 Å². The predicted octanol–water partition coefficient (Wildman–Crippen LogP) is 5.67. The Morgan fingerprint density at radius 2 is 1.65 bits per heavy atom. The SMILES string of the molecule is O=C(CCN(CCc1ccccc1)c1nc(-c2ccccc2Cl)nc2ccccc12)NC1CC1. The van der Waals surface area contributed by atoms with Crippen molar-refractivity contribution in [2.45, 2.75) is 31.7 Å². The Hall–Kier alpha value is -3.44. The summed E-state index contributed by atoms with van der Waals surface area (Å²) in [6.07, 6.45) is 3.44. The number of halogens is 1. The molecule has 0 bridgehead atoms. The second-order valence-corrected chi connectivity index (χ2v) is 9.09. The largest absolute Gasteiger partial charge is 0.355 e. The van der Waals surface area contributed by atoms with Crippen LogP contribution in [0.25, 0.3) is 22.3 Å². The Morgan fingerprint density at radius 3 is 2.44 bits per heavy atom. The van der Waals surface area contributed by atoms with Crippen LogP contribution in [0.2, 0.25) is 5.02 Å². The van der Waals surface area contributed by atoms with Crippen LogP contribution in [0.1, 0.15) is 24.8 Å². The van der Waals surface area contributed by atoms with Gasteiger partial charge in [0.1, 0.15) is 5.82 Å². The fourth-order valence-corrected chi connectivity index (χ4v) is 4.28. The van der Waals surface area contributed by atoms with Gasteiger partial charge in [0.25, 0.3) is 0 Å². The molecule has 1 N–H and O–H groups in total. The van der Waals surface area contributed by atoms with E-state index < -0.39 is 0 Å². The first-order valence-electron chi connectivity index (χ1n) is 11.8. The van der Waals surface area contributed by atoms with Crippen molar-refractivity contribution in [1.82, 2.24) is 15.3 Å². The van der Waals surface area contributed by atoms with Crippen molar-refractivity contribution in [2.24, 2.45) is 0 Å². The summed E-state index contributed by atoms with van der Waals surface area (Å²) in [6, 6.07) is 26.4. The maximum absolute atomic E-state index is 12.5. The van der Waals surface area contributed by atoms with Gasteiger partial charge in [0.05, 0.1) is 10.5 Å². The van der Waals surface area contributed by atoms with Crippen molar-refractivity contribution in [3.05, 3.63) is 89.4 Å². The van der Waals surface area contributed by atoms with Gasteiger partial charge in [-0.3, -0.25) is 4.79 Å². The second kappa shape index (κ2) is 10.2. The van der Waals surface area contributed by atoms with Gasteiger partial charge in [-0.2, -0.15) is 0 Å². The van der Waals surface area contributed by atoms with Crippen molar-refractivity contribution in [3.8, 4) is 11.4 Å². The average Bonchev–Trinajstić information content (AvgIpc) is 3.68. The molecule has 1 fully saturated rings. The van der Waals surface area contributed by atoms with Crippen LogP contribution in [0.15, 0.2) is 78.9 Å². The third-order valence-electron chi connectivity index (χ3n) is 6.06. The highest BCUT2D eigenvalue weighted by atomic mass is 35.5. The van der Waals surface area contributed by atoms with Crippen molar-refractivity contribution < 1.29 is 4.79 Å². The van der Waals surface area contributed by atoms with Crippen molar-refractivity contribution in [2.75, 3.05) is 18.0 Å². The smallest absolute Gasteiger partial charge is 0.221 e. The minimum Gasteiger partial charge on any atom is -0.355 e. The molecule has 1 heterocycles. The first kappa shape index (κ1) is 22.4. The lowest BCUT2D eigenvalue weighted by Crippen LogP contribution is -2.33. The first-order chi connectivity index (χ1) is 16.7. The molecule has 34 heavy (non-hydrogen) atoms. The highest BCUT2D eigenvalue weighted by molar-refractivity contribution is 6.33. The first-order valence-corrected chi connectivity index (χ1v) is 12.1. The summed E-state index contributed by atoms with van der Waals surface area (Å²) in [6.45, 7) is 1.32. The van der Waals surface area contributed by atoms with Gasteiger partial charge in [0, 0.05) is 36.5 Å². The quantitative estimate of drug-likeness (QED) is 0.342. The van der Waals surface area contributed by atoms with Crippen molar-refractivity contribution >= 4 is 34.2 Å². The van der Waals surface area contributed by atoms with Crippen LogP contribution in [-0.2, 0) is 11.2 Å². The standard InChI is InChI=1S/C28H27ClN4O/c29-24-12-6-4-10-22(24)27-31-25-13-7-5-11-23(25)28(32-27)33(18-16-20-8-2-1-3-9-20)19-17-26(34)30-21-14-15-21/h1-13,21H,14-19H2,(H,30,34). The maximum Gasteiger partial charge on any atom is 0.221 e. The number of rotatable bonds is 9. The fraction of sp³-hybridized carbons (Fsp3) is 0.250. The minimum atomic E-state index is 0.0944. The Morgan fingerprint density at radius 1 is 0.912 bits per heavy atom. The summed E-state index contributed by atoms with van der Waals surface area (Å²) >= 11 is 6.49. The predicted molar refractivity (Wildman–Crippen MR) is 138 cm³/mol. The van der Waals surface area contributed by atoms with E-state index in [1.165, 1.54) is 5.56 Å². The Balaban J connectivity index is 1.51. The number of amides is 1. The van der Waals surface area contributed by atoms with Crippen LogP contribution < -0.4 is 10.2 Å². The molecule has 1 aliphatic carbocycles. The molecular weight excluding hydrogens is 444 g/mol. The molecule has 6 heteroatoms. The van der Waals surface area contributed by atoms with Gasteiger partial charge >= 0.3 is 0 Å². The number of benzene rings is 3. The molecule has 0 radical (unpaired) electrons. The van der Waals surface area contributed by atoms with Gasteiger partial charge < -0.3 is 10.2 Å². The third kappa shape index (κ3) is 5.37. The van der Waals surface area contributed by atoms with Gasteiger partial charge in [-0.15, -0.1) is 0 Å². The van der Waals surface area contributed by atoms with Crippen molar-refractivity contribution in [3.63, 3.8) is 0 Å². The second-order valence-electron chi connectivity index (χ2n) is 8.68. The van der Waals surface area contributed by atoms with E-state index in [2.05, 4.69) is 34.5 Å². The molecule has 0 aliphatic heterocycles. The van der Waals surface area contributed by atoms with E-state index in [9.17, 15) is 4.79 Å². The zero-order valence-corrected chi connectivity index (χ0v) is 19.7. The Bertz CT molecular complexity index is 1290. The average molecular weight is 471 g/mol. The highest BCUT2D eigenvalue weighted by Gasteiger charge is 2.24. The molecule has 1 aromatic heterocycles. The number of fused-ring (bicyclic) bond motifs is 1. The van der Waals surface area contributed by atoms with E-state index in [1.807, 2.05) is 54.6 Å². The molecule has 1 saturated carbocycles. The van der Waals surface area contributed by atoms with E-state index in [1.54, 1.807) is 0 Å². The number of para-hydroxylation sites is 1. The number of aromatic nitrogens is 2. The lowest BCUT2D eigenvalue weighted by Gasteiger charge is -2.25. The number of nitrogens with zero attached hydrogens (tertiary/aromatic N) is 3. The molecule has 1 amide bonds. The Labute approximate surface area is 204 Å². The van der Waals surface area contributed by atoms with E-state index in [0.29, 0.717) is 29.9 Å². The van der Waals surface area contributed by atoms with Gasteiger partial charge in [0.15, 0.2) is 5.82 Å².